The number of hydrogen-bond acceptors (Lipinski definition) is 7. The molecule has 0 bridgehead atoms. The van der Waals surface area contributed by atoms with Crippen LogP contribution >= 0.6 is 0 Å². The van der Waals surface area contributed by atoms with Gasteiger partial charge in [-0.1, -0.05) is 0 Å². The van der Waals surface area contributed by atoms with E-state index >= 15 is 4.39 Å². The van der Waals surface area contributed by atoms with Gasteiger partial charge in [-0.3, -0.25) is 20.1 Å². The molecule has 0 saturated heterocycles. The topological polar surface area (TPSA) is 142 Å². The number of fused-ring (bicyclic) bond motifs is 2. The summed E-state index contributed by atoms with van der Waals surface area (Å²) in [4.78, 5) is 20.4. The highest BCUT2D eigenvalue weighted by Crippen LogP contribution is 2.34. The van der Waals surface area contributed by atoms with E-state index in [-0.39, 0.29) is 29.1 Å². The summed E-state index contributed by atoms with van der Waals surface area (Å²) in [5, 5.41) is 7.26. The lowest BCUT2D eigenvalue weighted by molar-refractivity contribution is 0.586. The number of nitrogens with one attached hydrogen (secondary N) is 3. The summed E-state index contributed by atoms with van der Waals surface area (Å²) in [6, 6.07) is 9.25. The fourth-order valence-corrected chi connectivity index (χ4v) is 4.64. The molecule has 38 heavy (non-hydrogen) atoms. The van der Waals surface area contributed by atoms with Gasteiger partial charge in [-0.2, -0.15) is 5.10 Å². The van der Waals surface area contributed by atoms with Crippen molar-refractivity contribution in [2.75, 3.05) is 6.26 Å². The molecule has 0 radical (unpaired) electrons. The molecular weight excluding hydrogens is 514 g/mol. The molecule has 6 aromatic rings. The molecule has 190 valence electrons. The van der Waals surface area contributed by atoms with E-state index in [1.807, 2.05) is 0 Å². The van der Waals surface area contributed by atoms with Crippen molar-refractivity contribution >= 4 is 32.0 Å². The fraction of sp³-hybridized carbons (Fsp3) is 0.0800. The molecule has 0 fully saturated rings. The summed E-state index contributed by atoms with van der Waals surface area (Å²) in [6.45, 7) is -0.0861. The highest BCUT2D eigenvalue weighted by molar-refractivity contribution is 7.88. The first-order chi connectivity index (χ1) is 18.3. The van der Waals surface area contributed by atoms with Crippen molar-refractivity contribution in [3.05, 3.63) is 78.4 Å². The summed E-state index contributed by atoms with van der Waals surface area (Å²) in [5.74, 6) is -0.859. The summed E-state index contributed by atoms with van der Waals surface area (Å²) in [5.41, 5.74) is 3.43. The number of benzene rings is 1. The Bertz CT molecular complexity index is 1940. The van der Waals surface area contributed by atoms with Crippen molar-refractivity contribution in [2.45, 2.75) is 6.54 Å². The van der Waals surface area contributed by atoms with Gasteiger partial charge in [0.1, 0.15) is 22.7 Å². The monoisotopic (exact) mass is 532 g/mol. The Hall–Kier alpha value is -4.62. The molecule has 3 N–H and O–H groups in total. The Kier molecular flexibility index (Phi) is 5.65. The average Bonchev–Trinajstić information content (AvgIpc) is 3.52. The molecule has 0 aliphatic carbocycles. The van der Waals surface area contributed by atoms with E-state index in [4.69, 9.17) is 0 Å². The predicted molar refractivity (Wildman–Crippen MR) is 137 cm³/mol. The van der Waals surface area contributed by atoms with E-state index in [0.29, 0.717) is 38.9 Å². The Labute approximate surface area is 214 Å². The van der Waals surface area contributed by atoms with Crippen LogP contribution in [0, 0.1) is 11.6 Å². The van der Waals surface area contributed by atoms with Gasteiger partial charge < -0.3 is 4.98 Å². The highest BCUT2D eigenvalue weighted by atomic mass is 32.2. The molecule has 0 unspecified atom stereocenters. The molecule has 0 spiro atoms. The van der Waals surface area contributed by atoms with Gasteiger partial charge in [0.15, 0.2) is 11.6 Å². The lowest BCUT2D eigenvalue weighted by Crippen LogP contribution is -2.21. The largest absolute Gasteiger partial charge is 0.336 e. The van der Waals surface area contributed by atoms with Gasteiger partial charge in [0, 0.05) is 36.3 Å². The van der Waals surface area contributed by atoms with Crippen molar-refractivity contribution in [1.82, 2.24) is 39.8 Å². The van der Waals surface area contributed by atoms with Crippen LogP contribution in [0.3, 0.4) is 0 Å². The first-order valence-corrected chi connectivity index (χ1v) is 13.2. The lowest BCUT2D eigenvalue weighted by Gasteiger charge is -2.07. The highest BCUT2D eigenvalue weighted by Gasteiger charge is 2.21. The summed E-state index contributed by atoms with van der Waals surface area (Å²) >= 11 is 0. The standard InChI is InChI=1S/C25H18F2N8O2S/c1-38(36,37)31-10-13-7-15(9-16(26)8-13)22-23-17(4-6-29-22)32-25(33-23)24-19-18(34-35-24)12-30-21(20(19)27)14-3-2-5-28-11-14/h2-9,11-12,31H,10H2,1H3,(H,32,33)(H,34,35). The number of rotatable bonds is 6. The van der Waals surface area contributed by atoms with Gasteiger partial charge in [-0.05, 0) is 42.0 Å². The van der Waals surface area contributed by atoms with Crippen LogP contribution in [-0.2, 0) is 16.6 Å². The minimum atomic E-state index is -3.47. The third kappa shape index (κ3) is 4.37. The minimum Gasteiger partial charge on any atom is -0.336 e. The first-order valence-electron chi connectivity index (χ1n) is 11.3. The van der Waals surface area contributed by atoms with Crippen LogP contribution in [0.25, 0.3) is 56.0 Å². The molecule has 6 rings (SSSR count). The number of hydrogen-bond donors (Lipinski definition) is 3. The molecule has 0 amide bonds. The summed E-state index contributed by atoms with van der Waals surface area (Å²) < 4.78 is 55.5. The van der Waals surface area contributed by atoms with E-state index in [1.54, 1.807) is 30.5 Å². The zero-order valence-corrected chi connectivity index (χ0v) is 20.5. The summed E-state index contributed by atoms with van der Waals surface area (Å²) in [6.07, 6.45) is 7.16. The molecule has 0 saturated carbocycles. The maximum atomic E-state index is 15.7. The molecule has 13 heteroatoms. The van der Waals surface area contributed by atoms with E-state index in [2.05, 4.69) is 39.8 Å². The zero-order chi connectivity index (χ0) is 26.4. The van der Waals surface area contributed by atoms with Crippen LogP contribution in [0.5, 0.6) is 0 Å². The molecule has 1 aromatic carbocycles. The van der Waals surface area contributed by atoms with Gasteiger partial charge >= 0.3 is 0 Å². The Morgan fingerprint density at radius 3 is 2.61 bits per heavy atom. The minimum absolute atomic E-state index is 0.0861. The van der Waals surface area contributed by atoms with Crippen molar-refractivity contribution < 1.29 is 17.2 Å². The molecule has 0 aliphatic rings. The van der Waals surface area contributed by atoms with Gasteiger partial charge in [0.2, 0.25) is 10.0 Å². The van der Waals surface area contributed by atoms with Crippen molar-refractivity contribution in [3.8, 4) is 34.0 Å². The quantitative estimate of drug-likeness (QED) is 0.295. The lowest BCUT2D eigenvalue weighted by atomic mass is 10.1. The Morgan fingerprint density at radius 2 is 1.82 bits per heavy atom. The molecule has 0 aliphatic heterocycles. The normalized spacial score (nSPS) is 12.0. The van der Waals surface area contributed by atoms with Crippen LogP contribution in [0.4, 0.5) is 8.78 Å². The zero-order valence-electron chi connectivity index (χ0n) is 19.7. The first kappa shape index (κ1) is 23.8. The third-order valence-electron chi connectivity index (χ3n) is 5.87. The second kappa shape index (κ2) is 9.04. The average molecular weight is 533 g/mol. The Morgan fingerprint density at radius 1 is 0.947 bits per heavy atom. The van der Waals surface area contributed by atoms with E-state index < -0.39 is 21.7 Å². The molecule has 5 aromatic heterocycles. The second-order valence-electron chi connectivity index (χ2n) is 8.61. The van der Waals surface area contributed by atoms with E-state index in [9.17, 15) is 12.8 Å². The predicted octanol–water partition coefficient (Wildman–Crippen LogP) is 3.95. The molecule has 5 heterocycles. The molecule has 0 atom stereocenters. The number of pyridine rings is 3. The van der Waals surface area contributed by atoms with Crippen molar-refractivity contribution in [2.24, 2.45) is 0 Å². The third-order valence-corrected chi connectivity index (χ3v) is 6.54. The maximum absolute atomic E-state index is 15.7. The number of H-pyrrole nitrogens is 2. The van der Waals surface area contributed by atoms with Crippen molar-refractivity contribution in [3.63, 3.8) is 0 Å². The number of imidazole rings is 1. The van der Waals surface area contributed by atoms with E-state index in [0.717, 1.165) is 6.26 Å². The number of aromatic nitrogens is 7. The number of sulfonamides is 1. The van der Waals surface area contributed by atoms with Crippen LogP contribution in [-0.4, -0.2) is 49.8 Å². The van der Waals surface area contributed by atoms with Gasteiger partial charge in [-0.25, -0.2) is 26.9 Å². The van der Waals surface area contributed by atoms with Crippen LogP contribution in [0.2, 0.25) is 0 Å². The number of halogens is 2. The van der Waals surface area contributed by atoms with Crippen LogP contribution in [0.1, 0.15) is 5.56 Å². The maximum Gasteiger partial charge on any atom is 0.209 e. The van der Waals surface area contributed by atoms with Gasteiger partial charge in [-0.15, -0.1) is 0 Å². The number of nitrogens with zero attached hydrogens (tertiary/aromatic N) is 5. The van der Waals surface area contributed by atoms with E-state index in [1.165, 1.54) is 30.7 Å². The fourth-order valence-electron chi connectivity index (χ4n) is 4.21. The number of aromatic amines is 2. The van der Waals surface area contributed by atoms with Crippen LogP contribution < -0.4 is 4.72 Å². The molecular formula is C25H18F2N8O2S. The Balaban J connectivity index is 1.46. The smallest absolute Gasteiger partial charge is 0.209 e. The van der Waals surface area contributed by atoms with Crippen LogP contribution in [0.15, 0.2) is 61.2 Å². The van der Waals surface area contributed by atoms with Gasteiger partial charge in [0.05, 0.1) is 34.6 Å². The summed E-state index contributed by atoms with van der Waals surface area (Å²) in [7, 11) is -3.47. The SMILES string of the molecule is CS(=O)(=O)NCc1cc(F)cc(-c2nccc3[nH]c(-c4n[nH]c5cnc(-c6cccnc6)c(F)c45)nc23)c1. The van der Waals surface area contributed by atoms with Gasteiger partial charge in [0.25, 0.3) is 0 Å². The molecule has 10 nitrogen and oxygen atoms in total. The second-order valence-corrected chi connectivity index (χ2v) is 10.4. The van der Waals surface area contributed by atoms with Crippen molar-refractivity contribution in [1.29, 1.82) is 0 Å².